The number of allylic oxidation sites excluding steroid dienone is 1. The van der Waals surface area contributed by atoms with Crippen molar-refractivity contribution < 1.29 is 9.90 Å². The van der Waals surface area contributed by atoms with Crippen molar-refractivity contribution in [3.8, 4) is 0 Å². The average Bonchev–Trinajstić information content (AvgIpc) is 3.15. The first kappa shape index (κ1) is 21.3. The lowest BCUT2D eigenvalue weighted by Gasteiger charge is -2.19. The molecule has 0 radical (unpaired) electrons. The summed E-state index contributed by atoms with van der Waals surface area (Å²) < 4.78 is 3.23. The molecule has 0 saturated carbocycles. The monoisotopic (exact) mass is 516 g/mol. The lowest BCUT2D eigenvalue weighted by atomic mass is 10.0. The van der Waals surface area contributed by atoms with Crippen LogP contribution in [0.5, 0.6) is 0 Å². The average molecular weight is 517 g/mol. The van der Waals surface area contributed by atoms with Crippen molar-refractivity contribution in [2.24, 2.45) is 4.99 Å². The minimum absolute atomic E-state index is 0.127. The van der Waals surface area contributed by atoms with Crippen LogP contribution in [0, 0.1) is 0 Å². The Morgan fingerprint density at radius 1 is 1.00 bits per heavy atom. The Morgan fingerprint density at radius 2 is 1.70 bits per heavy atom. The number of aromatic carboxylic acids is 1. The Bertz CT molecular complexity index is 1550. The van der Waals surface area contributed by atoms with Crippen LogP contribution in [0.2, 0.25) is 0 Å². The fourth-order valence-electron chi connectivity index (χ4n) is 3.72. The Hall–Kier alpha value is -3.55. The molecule has 1 unspecified atom stereocenters. The van der Waals surface area contributed by atoms with E-state index in [2.05, 4.69) is 15.9 Å². The molecule has 1 N–H and O–H groups in total. The van der Waals surface area contributed by atoms with Gasteiger partial charge >= 0.3 is 5.97 Å². The predicted octanol–water partition coefficient (Wildman–Crippen LogP) is 4.46. The van der Waals surface area contributed by atoms with Crippen LogP contribution in [0.25, 0.3) is 11.8 Å². The summed E-state index contributed by atoms with van der Waals surface area (Å²) in [6, 6.07) is 24.0. The number of carboxylic acids is 1. The van der Waals surface area contributed by atoms with Gasteiger partial charge in [0, 0.05) is 4.47 Å². The molecule has 33 heavy (non-hydrogen) atoms. The molecule has 1 atom stereocenters. The lowest BCUT2D eigenvalue weighted by Crippen LogP contribution is -2.36. The van der Waals surface area contributed by atoms with Gasteiger partial charge in [0.05, 0.1) is 21.8 Å². The number of fused-ring (bicyclic) bond motifs is 1. The molecule has 0 saturated heterocycles. The van der Waals surface area contributed by atoms with Gasteiger partial charge in [0.2, 0.25) is 0 Å². The van der Waals surface area contributed by atoms with Gasteiger partial charge in [0.1, 0.15) is 0 Å². The summed E-state index contributed by atoms with van der Waals surface area (Å²) >= 11 is 4.81. The standard InChI is InChI=1S/C26H17BrN2O3S/c27-20-12-10-18(11-13-20)22-15-21(17-4-2-1-3-5-17)28-26-29(22)24(30)23(33-26)14-16-6-8-19(9-7-16)25(31)32/h1-15,22H,(H,31,32). The number of thiazole rings is 1. The molecule has 1 aliphatic heterocycles. The van der Waals surface area contributed by atoms with Crippen LogP contribution in [0.3, 0.4) is 0 Å². The third kappa shape index (κ3) is 4.25. The number of nitrogens with zero attached hydrogens (tertiary/aromatic N) is 2. The Kier molecular flexibility index (Phi) is 5.66. The molecule has 7 heteroatoms. The molecule has 4 aromatic rings. The molecule has 0 aliphatic carbocycles. The van der Waals surface area contributed by atoms with Crippen molar-refractivity contribution in [1.82, 2.24) is 4.57 Å². The maximum absolute atomic E-state index is 13.4. The second kappa shape index (κ2) is 8.77. The van der Waals surface area contributed by atoms with E-state index in [1.54, 1.807) is 22.8 Å². The largest absolute Gasteiger partial charge is 0.478 e. The second-order valence-corrected chi connectivity index (χ2v) is 9.45. The highest BCUT2D eigenvalue weighted by Gasteiger charge is 2.22. The number of carbonyl (C=O) groups is 1. The fourth-order valence-corrected chi connectivity index (χ4v) is 5.00. The summed E-state index contributed by atoms with van der Waals surface area (Å²) in [5.41, 5.74) is 3.63. The zero-order valence-electron chi connectivity index (χ0n) is 17.2. The molecule has 0 amide bonds. The smallest absolute Gasteiger partial charge is 0.335 e. The molecular formula is C26H17BrN2O3S. The summed E-state index contributed by atoms with van der Waals surface area (Å²) in [6.45, 7) is 0. The highest BCUT2D eigenvalue weighted by Crippen LogP contribution is 2.27. The van der Waals surface area contributed by atoms with Crippen molar-refractivity contribution in [2.45, 2.75) is 6.04 Å². The summed E-state index contributed by atoms with van der Waals surface area (Å²) in [5, 5.41) is 9.11. The van der Waals surface area contributed by atoms with E-state index in [1.165, 1.54) is 23.5 Å². The molecule has 162 valence electrons. The molecular weight excluding hydrogens is 500 g/mol. The Morgan fingerprint density at radius 3 is 2.36 bits per heavy atom. The molecule has 0 fully saturated rings. The fraction of sp³-hybridized carbons (Fsp3) is 0.0385. The molecule has 1 aliphatic rings. The Balaban J connectivity index is 1.68. The summed E-state index contributed by atoms with van der Waals surface area (Å²) in [7, 11) is 0. The SMILES string of the molecule is O=C(O)c1ccc(C=c2sc3n(c2=O)C(c2ccc(Br)cc2)C=C(c2ccccc2)N=3)cc1. The van der Waals surface area contributed by atoms with Crippen LogP contribution in [0.15, 0.2) is 99.2 Å². The van der Waals surface area contributed by atoms with E-state index in [9.17, 15) is 9.59 Å². The number of rotatable bonds is 4. The topological polar surface area (TPSA) is 71.7 Å². The van der Waals surface area contributed by atoms with Crippen LogP contribution in [0.4, 0.5) is 0 Å². The quantitative estimate of drug-likeness (QED) is 0.435. The van der Waals surface area contributed by atoms with Crippen LogP contribution in [-0.4, -0.2) is 15.6 Å². The number of hydrogen-bond donors (Lipinski definition) is 1. The molecule has 1 aromatic heterocycles. The molecule has 0 spiro atoms. The van der Waals surface area contributed by atoms with E-state index < -0.39 is 5.97 Å². The highest BCUT2D eigenvalue weighted by atomic mass is 79.9. The van der Waals surface area contributed by atoms with Gasteiger partial charge in [-0.15, -0.1) is 0 Å². The number of benzene rings is 3. The minimum Gasteiger partial charge on any atom is -0.478 e. The first-order chi connectivity index (χ1) is 16.0. The number of halogens is 1. The van der Waals surface area contributed by atoms with Crippen LogP contribution in [0.1, 0.15) is 33.1 Å². The zero-order valence-corrected chi connectivity index (χ0v) is 19.6. The van der Waals surface area contributed by atoms with E-state index in [0.717, 1.165) is 26.9 Å². The van der Waals surface area contributed by atoms with Crippen molar-refractivity contribution in [1.29, 1.82) is 0 Å². The van der Waals surface area contributed by atoms with Gasteiger partial charge < -0.3 is 5.11 Å². The predicted molar refractivity (Wildman–Crippen MR) is 133 cm³/mol. The first-order valence-electron chi connectivity index (χ1n) is 10.2. The van der Waals surface area contributed by atoms with Gasteiger partial charge in [-0.1, -0.05) is 81.9 Å². The summed E-state index contributed by atoms with van der Waals surface area (Å²) in [5.74, 6) is -0.983. The number of hydrogen-bond acceptors (Lipinski definition) is 4. The summed E-state index contributed by atoms with van der Waals surface area (Å²) in [4.78, 5) is 30.0. The normalized spacial score (nSPS) is 15.5. The molecule has 0 bridgehead atoms. The van der Waals surface area contributed by atoms with Crippen LogP contribution >= 0.6 is 27.3 Å². The molecule has 2 heterocycles. The molecule has 5 rings (SSSR count). The van der Waals surface area contributed by atoms with Crippen molar-refractivity contribution >= 4 is 45.0 Å². The van der Waals surface area contributed by atoms with E-state index in [1.807, 2.05) is 60.7 Å². The first-order valence-corrected chi connectivity index (χ1v) is 11.8. The van der Waals surface area contributed by atoms with E-state index in [4.69, 9.17) is 10.1 Å². The number of carboxylic acid groups (broad SMARTS) is 1. The van der Waals surface area contributed by atoms with Gasteiger partial charge in [-0.3, -0.25) is 9.36 Å². The van der Waals surface area contributed by atoms with E-state index in [0.29, 0.717) is 9.33 Å². The lowest BCUT2D eigenvalue weighted by molar-refractivity contribution is 0.0697. The third-order valence-corrected chi connectivity index (χ3v) is 6.90. The van der Waals surface area contributed by atoms with Gasteiger partial charge in [-0.25, -0.2) is 9.79 Å². The van der Waals surface area contributed by atoms with Gasteiger partial charge in [0.25, 0.3) is 5.56 Å². The second-order valence-electron chi connectivity index (χ2n) is 7.52. The minimum atomic E-state index is -0.983. The van der Waals surface area contributed by atoms with Crippen molar-refractivity contribution in [3.05, 3.63) is 131 Å². The zero-order chi connectivity index (χ0) is 22.9. The maximum Gasteiger partial charge on any atom is 0.335 e. The van der Waals surface area contributed by atoms with Gasteiger partial charge in [-0.2, -0.15) is 0 Å². The maximum atomic E-state index is 13.4. The Labute approximate surface area is 201 Å². The summed E-state index contributed by atoms with van der Waals surface area (Å²) in [6.07, 6.45) is 3.80. The van der Waals surface area contributed by atoms with Crippen LogP contribution < -0.4 is 14.9 Å². The van der Waals surface area contributed by atoms with E-state index >= 15 is 0 Å². The number of aromatic nitrogens is 1. The van der Waals surface area contributed by atoms with Gasteiger partial charge in [-0.05, 0) is 53.1 Å². The van der Waals surface area contributed by atoms with Gasteiger partial charge in [0.15, 0.2) is 4.80 Å². The highest BCUT2D eigenvalue weighted by molar-refractivity contribution is 9.10. The van der Waals surface area contributed by atoms with E-state index in [-0.39, 0.29) is 17.2 Å². The molecule has 3 aromatic carbocycles. The van der Waals surface area contributed by atoms with Crippen LogP contribution in [-0.2, 0) is 0 Å². The molecule has 5 nitrogen and oxygen atoms in total. The third-order valence-electron chi connectivity index (χ3n) is 5.38. The van der Waals surface area contributed by atoms with Crippen molar-refractivity contribution in [2.75, 3.05) is 0 Å². The van der Waals surface area contributed by atoms with Crippen molar-refractivity contribution in [3.63, 3.8) is 0 Å².